The standard InChI is InChI=1S/C25H28N4O3/c1-27-12-14-29(15-13-27)25(31)21(26-24(30)20-9-5-7-11-23(20)32-3)16-18-17-28(2)22-10-6-4-8-19(18)22/h4-11,16-17H,12-15H2,1-3H3,(H,26,30)/b21-16-. The van der Waals surface area contributed by atoms with E-state index >= 15 is 0 Å². The van der Waals surface area contributed by atoms with Crippen molar-refractivity contribution in [2.24, 2.45) is 7.05 Å². The van der Waals surface area contributed by atoms with Gasteiger partial charge in [-0.2, -0.15) is 0 Å². The van der Waals surface area contributed by atoms with E-state index in [4.69, 9.17) is 4.74 Å². The summed E-state index contributed by atoms with van der Waals surface area (Å²) in [6, 6.07) is 15.0. The third-order valence-corrected chi connectivity index (χ3v) is 5.85. The normalized spacial score (nSPS) is 15.1. The molecule has 1 fully saturated rings. The number of amides is 2. The van der Waals surface area contributed by atoms with Crippen LogP contribution < -0.4 is 10.1 Å². The van der Waals surface area contributed by atoms with Crippen LogP contribution in [0.3, 0.4) is 0 Å². The number of methoxy groups -OCH3 is 1. The molecule has 0 bridgehead atoms. The van der Waals surface area contributed by atoms with Crippen LogP contribution >= 0.6 is 0 Å². The van der Waals surface area contributed by atoms with Gasteiger partial charge in [0, 0.05) is 55.9 Å². The van der Waals surface area contributed by atoms with Crippen LogP contribution in [0.2, 0.25) is 0 Å². The number of piperazine rings is 1. The summed E-state index contributed by atoms with van der Waals surface area (Å²) in [4.78, 5) is 30.6. The molecule has 1 aliphatic rings. The van der Waals surface area contributed by atoms with Gasteiger partial charge < -0.3 is 24.4 Å². The van der Waals surface area contributed by atoms with E-state index in [0.29, 0.717) is 24.4 Å². The molecule has 1 N–H and O–H groups in total. The van der Waals surface area contributed by atoms with Crippen molar-refractivity contribution >= 4 is 28.8 Å². The van der Waals surface area contributed by atoms with Crippen LogP contribution in [0.25, 0.3) is 17.0 Å². The highest BCUT2D eigenvalue weighted by Gasteiger charge is 2.25. The van der Waals surface area contributed by atoms with Gasteiger partial charge in [-0.3, -0.25) is 9.59 Å². The van der Waals surface area contributed by atoms with E-state index in [1.807, 2.05) is 49.1 Å². The number of fused-ring (bicyclic) bond motifs is 1. The predicted octanol–water partition coefficient (Wildman–Crippen LogP) is 2.73. The van der Waals surface area contributed by atoms with Gasteiger partial charge in [-0.25, -0.2) is 0 Å². The number of hydrogen-bond donors (Lipinski definition) is 1. The van der Waals surface area contributed by atoms with Crippen molar-refractivity contribution in [2.45, 2.75) is 0 Å². The van der Waals surface area contributed by atoms with Crippen molar-refractivity contribution in [3.8, 4) is 5.75 Å². The molecule has 1 aromatic heterocycles. The Hall–Kier alpha value is -3.58. The quantitative estimate of drug-likeness (QED) is 0.630. The van der Waals surface area contributed by atoms with Crippen LogP contribution in [0.15, 0.2) is 60.4 Å². The topological polar surface area (TPSA) is 66.8 Å². The van der Waals surface area contributed by atoms with Crippen LogP contribution in [0.5, 0.6) is 5.75 Å². The van der Waals surface area contributed by atoms with Crippen molar-refractivity contribution in [2.75, 3.05) is 40.3 Å². The first-order valence-corrected chi connectivity index (χ1v) is 10.7. The summed E-state index contributed by atoms with van der Waals surface area (Å²) in [5, 5.41) is 3.89. The summed E-state index contributed by atoms with van der Waals surface area (Å²) in [6.45, 7) is 2.83. The van der Waals surface area contributed by atoms with Crippen LogP contribution in [-0.2, 0) is 11.8 Å². The summed E-state index contributed by atoms with van der Waals surface area (Å²) in [5.74, 6) is -0.104. The van der Waals surface area contributed by atoms with Crippen LogP contribution in [0.1, 0.15) is 15.9 Å². The smallest absolute Gasteiger partial charge is 0.270 e. The molecule has 2 amide bonds. The van der Waals surface area contributed by atoms with E-state index in [2.05, 4.69) is 10.2 Å². The highest BCUT2D eigenvalue weighted by atomic mass is 16.5. The fraction of sp³-hybridized carbons (Fsp3) is 0.280. The van der Waals surface area contributed by atoms with Crippen LogP contribution in [-0.4, -0.2) is 66.5 Å². The average Bonchev–Trinajstić information content (AvgIpc) is 3.14. The van der Waals surface area contributed by atoms with E-state index in [1.54, 1.807) is 35.2 Å². The highest BCUT2D eigenvalue weighted by molar-refractivity contribution is 6.07. The third-order valence-electron chi connectivity index (χ3n) is 5.85. The molecular weight excluding hydrogens is 404 g/mol. The fourth-order valence-electron chi connectivity index (χ4n) is 4.00. The van der Waals surface area contributed by atoms with Gasteiger partial charge in [-0.15, -0.1) is 0 Å². The van der Waals surface area contributed by atoms with Gasteiger partial charge in [0.05, 0.1) is 12.7 Å². The lowest BCUT2D eigenvalue weighted by Gasteiger charge is -2.33. The van der Waals surface area contributed by atoms with E-state index in [9.17, 15) is 9.59 Å². The molecule has 2 heterocycles. The second-order valence-corrected chi connectivity index (χ2v) is 8.02. The maximum atomic E-state index is 13.5. The summed E-state index contributed by atoms with van der Waals surface area (Å²) in [7, 11) is 5.53. The Kier molecular flexibility index (Phi) is 6.28. The number of carbonyl (C=O) groups excluding carboxylic acids is 2. The van der Waals surface area contributed by atoms with Gasteiger partial charge in [0.1, 0.15) is 11.4 Å². The lowest BCUT2D eigenvalue weighted by molar-refractivity contribution is -0.128. The minimum atomic E-state index is -0.378. The van der Waals surface area contributed by atoms with Gasteiger partial charge in [0.2, 0.25) is 0 Å². The lowest BCUT2D eigenvalue weighted by atomic mass is 10.1. The molecule has 166 valence electrons. The Morgan fingerprint density at radius 1 is 0.969 bits per heavy atom. The maximum absolute atomic E-state index is 13.5. The second kappa shape index (κ2) is 9.28. The Balaban J connectivity index is 1.71. The van der Waals surface area contributed by atoms with Crippen molar-refractivity contribution in [3.63, 3.8) is 0 Å². The summed E-state index contributed by atoms with van der Waals surface area (Å²) < 4.78 is 7.35. The number of rotatable bonds is 5. The van der Waals surface area contributed by atoms with Gasteiger partial charge in [0.25, 0.3) is 11.8 Å². The monoisotopic (exact) mass is 432 g/mol. The number of aryl methyl sites for hydroxylation is 1. The maximum Gasteiger partial charge on any atom is 0.270 e. The number of carbonyl (C=O) groups is 2. The number of benzene rings is 2. The molecule has 0 atom stereocenters. The minimum absolute atomic E-state index is 0.186. The molecule has 1 saturated heterocycles. The number of hydrogen-bond acceptors (Lipinski definition) is 4. The Morgan fingerprint density at radius 3 is 2.41 bits per heavy atom. The molecule has 0 unspecified atom stereocenters. The van der Waals surface area contributed by atoms with Crippen molar-refractivity contribution < 1.29 is 14.3 Å². The van der Waals surface area contributed by atoms with Gasteiger partial charge >= 0.3 is 0 Å². The Bertz CT molecular complexity index is 1170. The molecule has 1 aliphatic heterocycles. The van der Waals surface area contributed by atoms with E-state index in [-0.39, 0.29) is 17.5 Å². The molecule has 0 saturated carbocycles. The molecular formula is C25H28N4O3. The lowest BCUT2D eigenvalue weighted by Crippen LogP contribution is -2.49. The first-order valence-electron chi connectivity index (χ1n) is 10.7. The number of nitrogens with one attached hydrogen (secondary N) is 1. The molecule has 7 heteroatoms. The largest absolute Gasteiger partial charge is 0.496 e. The summed E-state index contributed by atoms with van der Waals surface area (Å²) >= 11 is 0. The number of likely N-dealkylation sites (N-methyl/N-ethyl adjacent to an activating group) is 1. The zero-order chi connectivity index (χ0) is 22.7. The SMILES string of the molecule is COc1ccccc1C(=O)N/C(=C\c1cn(C)c2ccccc12)C(=O)N1CCN(C)CC1. The fourth-order valence-corrected chi connectivity index (χ4v) is 4.00. The van der Waals surface area contributed by atoms with Gasteiger partial charge in [0.15, 0.2) is 0 Å². The number of ether oxygens (including phenoxy) is 1. The average molecular weight is 433 g/mol. The summed E-state index contributed by atoms with van der Waals surface area (Å²) in [6.07, 6.45) is 3.74. The predicted molar refractivity (Wildman–Crippen MR) is 125 cm³/mol. The molecule has 3 aromatic rings. The van der Waals surface area contributed by atoms with Crippen molar-refractivity contribution in [1.29, 1.82) is 0 Å². The highest BCUT2D eigenvalue weighted by Crippen LogP contribution is 2.23. The van der Waals surface area contributed by atoms with Crippen molar-refractivity contribution in [1.82, 2.24) is 19.7 Å². The molecule has 2 aromatic carbocycles. The first-order chi connectivity index (χ1) is 15.5. The number of nitrogens with zero attached hydrogens (tertiary/aromatic N) is 3. The first kappa shape index (κ1) is 21.6. The molecule has 7 nitrogen and oxygen atoms in total. The van der Waals surface area contributed by atoms with E-state index in [1.165, 1.54) is 7.11 Å². The van der Waals surface area contributed by atoms with E-state index in [0.717, 1.165) is 29.6 Å². The molecule has 32 heavy (non-hydrogen) atoms. The van der Waals surface area contributed by atoms with Gasteiger partial charge in [-0.05, 0) is 31.3 Å². The molecule has 0 spiro atoms. The Labute approximate surface area is 187 Å². The zero-order valence-electron chi connectivity index (χ0n) is 18.7. The Morgan fingerprint density at radius 2 is 1.66 bits per heavy atom. The third kappa shape index (κ3) is 4.38. The second-order valence-electron chi connectivity index (χ2n) is 8.02. The van der Waals surface area contributed by atoms with Gasteiger partial charge in [-0.1, -0.05) is 30.3 Å². The zero-order valence-corrected chi connectivity index (χ0v) is 18.7. The minimum Gasteiger partial charge on any atom is -0.496 e. The molecule has 0 radical (unpaired) electrons. The number of para-hydroxylation sites is 2. The van der Waals surface area contributed by atoms with Crippen molar-refractivity contribution in [3.05, 3.63) is 71.6 Å². The molecule has 0 aliphatic carbocycles. The van der Waals surface area contributed by atoms with E-state index < -0.39 is 0 Å². The number of aromatic nitrogens is 1. The molecule has 4 rings (SSSR count). The summed E-state index contributed by atoms with van der Waals surface area (Å²) in [5.41, 5.74) is 2.56. The van der Waals surface area contributed by atoms with Crippen LogP contribution in [0.4, 0.5) is 0 Å². The van der Waals surface area contributed by atoms with Crippen LogP contribution in [0, 0.1) is 0 Å².